The van der Waals surface area contributed by atoms with Crippen LogP contribution in [0, 0.1) is 5.92 Å². The molecule has 0 heterocycles. The number of ketones is 2. The number of rotatable bonds is 6. The molecule has 0 atom stereocenters. The van der Waals surface area contributed by atoms with Crippen LogP contribution in [0.4, 0.5) is 0 Å². The highest BCUT2D eigenvalue weighted by molar-refractivity contribution is 5.83. The van der Waals surface area contributed by atoms with E-state index in [2.05, 4.69) is 0 Å². The number of carbonyl (C=O) groups is 2. The summed E-state index contributed by atoms with van der Waals surface area (Å²) in [5.41, 5.74) is 0. The molecule has 1 aliphatic rings. The normalized spacial score (nSPS) is 16.1. The third-order valence-corrected chi connectivity index (χ3v) is 2.23. The van der Waals surface area contributed by atoms with Gasteiger partial charge in [0.05, 0.1) is 0 Å². The van der Waals surface area contributed by atoms with E-state index < -0.39 is 0 Å². The van der Waals surface area contributed by atoms with Crippen LogP contribution in [0.3, 0.4) is 0 Å². The molecule has 0 aromatic carbocycles. The summed E-state index contributed by atoms with van der Waals surface area (Å²) in [6.07, 6.45) is 5.32. The van der Waals surface area contributed by atoms with Gasteiger partial charge in [-0.3, -0.25) is 4.79 Å². The lowest BCUT2D eigenvalue weighted by atomic mass is 10.1. The van der Waals surface area contributed by atoms with Crippen LogP contribution in [0.2, 0.25) is 0 Å². The Morgan fingerprint density at radius 1 is 1.17 bits per heavy atom. The molecule has 0 aromatic rings. The second kappa shape index (κ2) is 4.39. The van der Waals surface area contributed by atoms with Gasteiger partial charge in [0.15, 0.2) is 0 Å². The zero-order chi connectivity index (χ0) is 8.97. The summed E-state index contributed by atoms with van der Waals surface area (Å²) < 4.78 is 0. The second-order valence-electron chi connectivity index (χ2n) is 3.65. The predicted octanol–water partition coefficient (Wildman–Crippen LogP) is 2.11. The molecule has 68 valence electrons. The van der Waals surface area contributed by atoms with Crippen molar-refractivity contribution in [2.24, 2.45) is 5.92 Å². The molecule has 0 aromatic heterocycles. The Hall–Kier alpha value is -0.660. The van der Waals surface area contributed by atoms with Crippen molar-refractivity contribution in [2.75, 3.05) is 0 Å². The smallest absolute Gasteiger partial charge is 0.135 e. The van der Waals surface area contributed by atoms with Crippen molar-refractivity contribution in [2.45, 2.75) is 45.4 Å². The summed E-state index contributed by atoms with van der Waals surface area (Å²) in [7, 11) is 0. The van der Waals surface area contributed by atoms with Crippen molar-refractivity contribution in [1.82, 2.24) is 0 Å². The minimum absolute atomic E-state index is 0.230. The fourth-order valence-electron chi connectivity index (χ4n) is 1.28. The highest BCUT2D eigenvalue weighted by Gasteiger charge is 2.28. The molecular weight excluding hydrogens is 152 g/mol. The van der Waals surface area contributed by atoms with E-state index in [1.54, 1.807) is 6.92 Å². The van der Waals surface area contributed by atoms with Gasteiger partial charge in [0.2, 0.25) is 0 Å². The first kappa shape index (κ1) is 9.43. The molecule has 0 bridgehead atoms. The molecule has 2 nitrogen and oxygen atoms in total. The van der Waals surface area contributed by atoms with Gasteiger partial charge in [-0.25, -0.2) is 0 Å². The number of hydrogen-bond donors (Lipinski definition) is 0. The Labute approximate surface area is 73.3 Å². The van der Waals surface area contributed by atoms with Crippen LogP contribution in [0.15, 0.2) is 0 Å². The minimum Gasteiger partial charge on any atom is -0.300 e. The fourth-order valence-corrected chi connectivity index (χ4v) is 1.28. The third-order valence-electron chi connectivity index (χ3n) is 2.23. The SMILES string of the molecule is CC(=O)CCCCC(=O)C1CC1. The molecule has 1 fully saturated rings. The molecule has 0 amide bonds. The van der Waals surface area contributed by atoms with E-state index >= 15 is 0 Å². The third kappa shape index (κ3) is 3.65. The van der Waals surface area contributed by atoms with Gasteiger partial charge in [-0.15, -0.1) is 0 Å². The number of unbranched alkanes of at least 4 members (excludes halogenated alkanes) is 1. The highest BCUT2D eigenvalue weighted by atomic mass is 16.1. The van der Waals surface area contributed by atoms with Gasteiger partial charge in [0, 0.05) is 18.8 Å². The van der Waals surface area contributed by atoms with Crippen molar-refractivity contribution in [3.8, 4) is 0 Å². The standard InChI is InChI=1S/C10H16O2/c1-8(11)4-2-3-5-10(12)9-6-7-9/h9H,2-7H2,1H3. The lowest BCUT2D eigenvalue weighted by Gasteiger charge is -1.97. The van der Waals surface area contributed by atoms with E-state index in [9.17, 15) is 9.59 Å². The summed E-state index contributed by atoms with van der Waals surface area (Å²) in [6, 6.07) is 0. The largest absolute Gasteiger partial charge is 0.300 e. The first-order valence-electron chi connectivity index (χ1n) is 4.72. The van der Waals surface area contributed by atoms with Gasteiger partial charge in [0.25, 0.3) is 0 Å². The molecule has 0 unspecified atom stereocenters. The van der Waals surface area contributed by atoms with Crippen LogP contribution in [-0.4, -0.2) is 11.6 Å². The summed E-state index contributed by atoms with van der Waals surface area (Å²) in [4.78, 5) is 21.7. The van der Waals surface area contributed by atoms with E-state index in [4.69, 9.17) is 0 Å². The summed E-state index contributed by atoms with van der Waals surface area (Å²) in [6.45, 7) is 1.60. The van der Waals surface area contributed by atoms with Crippen LogP contribution >= 0.6 is 0 Å². The number of carbonyl (C=O) groups excluding carboxylic acids is 2. The van der Waals surface area contributed by atoms with E-state index in [-0.39, 0.29) is 5.78 Å². The van der Waals surface area contributed by atoms with Crippen LogP contribution < -0.4 is 0 Å². The average molecular weight is 168 g/mol. The molecule has 0 saturated heterocycles. The molecule has 1 aliphatic carbocycles. The fraction of sp³-hybridized carbons (Fsp3) is 0.800. The van der Waals surface area contributed by atoms with Crippen molar-refractivity contribution in [3.63, 3.8) is 0 Å². The summed E-state index contributed by atoms with van der Waals surface area (Å²) >= 11 is 0. The first-order valence-corrected chi connectivity index (χ1v) is 4.72. The van der Waals surface area contributed by atoms with Crippen LogP contribution in [-0.2, 0) is 9.59 Å². The van der Waals surface area contributed by atoms with Crippen LogP contribution in [0.1, 0.15) is 45.4 Å². The van der Waals surface area contributed by atoms with Gasteiger partial charge < -0.3 is 4.79 Å². The topological polar surface area (TPSA) is 34.1 Å². The monoisotopic (exact) mass is 168 g/mol. The Kier molecular flexibility index (Phi) is 3.45. The maximum Gasteiger partial charge on any atom is 0.135 e. The van der Waals surface area contributed by atoms with Gasteiger partial charge in [-0.05, 0) is 32.6 Å². The molecule has 0 aliphatic heterocycles. The van der Waals surface area contributed by atoms with Crippen molar-refractivity contribution < 1.29 is 9.59 Å². The molecule has 2 heteroatoms. The molecule has 0 N–H and O–H groups in total. The van der Waals surface area contributed by atoms with Gasteiger partial charge in [0.1, 0.15) is 11.6 Å². The number of hydrogen-bond acceptors (Lipinski definition) is 2. The zero-order valence-electron chi connectivity index (χ0n) is 7.64. The lowest BCUT2D eigenvalue weighted by molar-refractivity contribution is -0.121. The van der Waals surface area contributed by atoms with E-state index in [0.717, 1.165) is 25.7 Å². The van der Waals surface area contributed by atoms with Gasteiger partial charge in [-0.1, -0.05) is 0 Å². The second-order valence-corrected chi connectivity index (χ2v) is 3.65. The van der Waals surface area contributed by atoms with E-state index in [0.29, 0.717) is 24.5 Å². The molecule has 12 heavy (non-hydrogen) atoms. The molecular formula is C10H16O2. The van der Waals surface area contributed by atoms with Crippen molar-refractivity contribution in [1.29, 1.82) is 0 Å². The van der Waals surface area contributed by atoms with Crippen LogP contribution in [0.25, 0.3) is 0 Å². The Balaban J connectivity index is 1.94. The van der Waals surface area contributed by atoms with E-state index in [1.807, 2.05) is 0 Å². The Morgan fingerprint density at radius 2 is 1.75 bits per heavy atom. The predicted molar refractivity (Wildman–Crippen MR) is 46.9 cm³/mol. The van der Waals surface area contributed by atoms with Crippen molar-refractivity contribution in [3.05, 3.63) is 0 Å². The first-order chi connectivity index (χ1) is 5.70. The van der Waals surface area contributed by atoms with Gasteiger partial charge in [-0.2, -0.15) is 0 Å². The average Bonchev–Trinajstić information content (AvgIpc) is 2.79. The Morgan fingerprint density at radius 3 is 2.25 bits per heavy atom. The quantitative estimate of drug-likeness (QED) is 0.569. The van der Waals surface area contributed by atoms with Gasteiger partial charge >= 0.3 is 0 Å². The molecule has 1 rings (SSSR count). The summed E-state index contributed by atoms with van der Waals surface area (Å²) in [5.74, 6) is 1.04. The summed E-state index contributed by atoms with van der Waals surface area (Å²) in [5, 5.41) is 0. The number of Topliss-reactive ketones (excluding diaryl/α,β-unsaturated/α-hetero) is 2. The molecule has 1 saturated carbocycles. The highest BCUT2D eigenvalue weighted by Crippen LogP contribution is 2.31. The van der Waals surface area contributed by atoms with E-state index in [1.165, 1.54) is 0 Å². The maximum absolute atomic E-state index is 11.2. The molecule has 0 radical (unpaired) electrons. The lowest BCUT2D eigenvalue weighted by Crippen LogP contribution is -2.00. The zero-order valence-corrected chi connectivity index (χ0v) is 7.64. The Bertz CT molecular complexity index is 180. The van der Waals surface area contributed by atoms with Crippen LogP contribution in [0.5, 0.6) is 0 Å². The maximum atomic E-state index is 11.2. The minimum atomic E-state index is 0.230. The van der Waals surface area contributed by atoms with Crippen molar-refractivity contribution >= 4 is 11.6 Å². The molecule has 0 spiro atoms.